The van der Waals surface area contributed by atoms with E-state index in [9.17, 15) is 4.79 Å². The van der Waals surface area contributed by atoms with Crippen molar-refractivity contribution in [3.63, 3.8) is 0 Å². The molecule has 1 atom stereocenters. The molecule has 94 valence electrons. The highest BCUT2D eigenvalue weighted by molar-refractivity contribution is 6.35. The Labute approximate surface area is 116 Å². The van der Waals surface area contributed by atoms with Crippen LogP contribution in [-0.4, -0.2) is 17.8 Å². The van der Waals surface area contributed by atoms with Gasteiger partial charge in [-0.2, -0.15) is 0 Å². The third-order valence-corrected chi connectivity index (χ3v) is 3.45. The lowest BCUT2D eigenvalue weighted by atomic mass is 10.2. The molecule has 0 aromatic heterocycles. The zero-order chi connectivity index (χ0) is 12.8. The maximum Gasteiger partial charge on any atom is 0.252 e. The van der Waals surface area contributed by atoms with E-state index in [0.29, 0.717) is 22.2 Å². The summed E-state index contributed by atoms with van der Waals surface area (Å²) in [6.45, 7) is 2.54. The fourth-order valence-corrected chi connectivity index (χ4v) is 1.80. The quantitative estimate of drug-likeness (QED) is 0.813. The standard InChI is InChI=1S/C12H14Cl3NO/c1-2-8(13)5-6-16-12(17)10-7-9(14)3-4-11(10)15/h3-4,7-8H,2,5-6H2,1H3,(H,16,17). The minimum atomic E-state index is -0.225. The van der Waals surface area contributed by atoms with Crippen LogP contribution in [0.25, 0.3) is 0 Å². The first-order valence-electron chi connectivity index (χ1n) is 5.42. The molecule has 0 heterocycles. The summed E-state index contributed by atoms with van der Waals surface area (Å²) in [6.07, 6.45) is 1.62. The van der Waals surface area contributed by atoms with Crippen LogP contribution in [0.2, 0.25) is 10.0 Å². The second-order valence-corrected chi connectivity index (χ2v) is 5.14. The van der Waals surface area contributed by atoms with Crippen LogP contribution < -0.4 is 5.32 Å². The van der Waals surface area contributed by atoms with E-state index in [1.807, 2.05) is 6.92 Å². The summed E-state index contributed by atoms with van der Waals surface area (Å²) in [6, 6.07) is 4.80. The van der Waals surface area contributed by atoms with E-state index in [-0.39, 0.29) is 11.3 Å². The van der Waals surface area contributed by atoms with E-state index in [4.69, 9.17) is 34.8 Å². The lowest BCUT2D eigenvalue weighted by Gasteiger charge is -2.09. The van der Waals surface area contributed by atoms with E-state index in [0.717, 1.165) is 12.8 Å². The van der Waals surface area contributed by atoms with Crippen molar-refractivity contribution in [2.45, 2.75) is 25.1 Å². The van der Waals surface area contributed by atoms with Gasteiger partial charge in [-0.1, -0.05) is 30.1 Å². The number of hydrogen-bond acceptors (Lipinski definition) is 1. The minimum absolute atomic E-state index is 0.0881. The van der Waals surface area contributed by atoms with E-state index < -0.39 is 0 Å². The van der Waals surface area contributed by atoms with Gasteiger partial charge in [-0.3, -0.25) is 4.79 Å². The highest BCUT2D eigenvalue weighted by atomic mass is 35.5. The van der Waals surface area contributed by atoms with Crippen LogP contribution in [0.15, 0.2) is 18.2 Å². The second-order valence-electron chi connectivity index (χ2n) is 3.67. The maximum atomic E-state index is 11.8. The summed E-state index contributed by atoms with van der Waals surface area (Å²) < 4.78 is 0. The molecule has 1 N–H and O–H groups in total. The molecular formula is C12H14Cl3NO. The molecule has 0 fully saturated rings. The van der Waals surface area contributed by atoms with Crippen molar-refractivity contribution < 1.29 is 4.79 Å². The van der Waals surface area contributed by atoms with Gasteiger partial charge in [0.15, 0.2) is 0 Å². The van der Waals surface area contributed by atoms with Crippen molar-refractivity contribution >= 4 is 40.7 Å². The normalized spacial score (nSPS) is 12.2. The molecule has 0 aliphatic carbocycles. The van der Waals surface area contributed by atoms with Crippen molar-refractivity contribution in [3.8, 4) is 0 Å². The Balaban J connectivity index is 2.55. The fraction of sp³-hybridized carbons (Fsp3) is 0.417. The Morgan fingerprint density at radius 2 is 2.12 bits per heavy atom. The molecule has 1 unspecified atom stereocenters. The van der Waals surface area contributed by atoms with E-state index in [1.165, 1.54) is 0 Å². The minimum Gasteiger partial charge on any atom is -0.352 e. The summed E-state index contributed by atoms with van der Waals surface area (Å²) >= 11 is 17.7. The van der Waals surface area contributed by atoms with Crippen LogP contribution in [0, 0.1) is 0 Å². The first-order chi connectivity index (χ1) is 8.04. The smallest absolute Gasteiger partial charge is 0.252 e. The average Bonchev–Trinajstić information content (AvgIpc) is 2.31. The number of rotatable bonds is 5. The first-order valence-corrected chi connectivity index (χ1v) is 6.61. The molecule has 2 nitrogen and oxygen atoms in total. The molecule has 17 heavy (non-hydrogen) atoms. The molecule has 5 heteroatoms. The third kappa shape index (κ3) is 4.74. The van der Waals surface area contributed by atoms with Crippen molar-refractivity contribution in [2.24, 2.45) is 0 Å². The Morgan fingerprint density at radius 1 is 1.41 bits per heavy atom. The molecule has 0 saturated carbocycles. The van der Waals surface area contributed by atoms with Crippen LogP contribution in [0.3, 0.4) is 0 Å². The topological polar surface area (TPSA) is 29.1 Å². The number of hydrogen-bond donors (Lipinski definition) is 1. The van der Waals surface area contributed by atoms with Crippen molar-refractivity contribution in [1.29, 1.82) is 0 Å². The molecule has 0 radical (unpaired) electrons. The Hall–Kier alpha value is -0.440. The van der Waals surface area contributed by atoms with E-state index >= 15 is 0 Å². The SMILES string of the molecule is CCC(Cl)CCNC(=O)c1cc(Cl)ccc1Cl. The van der Waals surface area contributed by atoms with Gasteiger partial charge in [-0.05, 0) is 31.0 Å². The summed E-state index contributed by atoms with van der Waals surface area (Å²) in [5, 5.41) is 3.74. The maximum absolute atomic E-state index is 11.8. The largest absolute Gasteiger partial charge is 0.352 e. The Kier molecular flexibility index (Phi) is 6.10. The van der Waals surface area contributed by atoms with Crippen molar-refractivity contribution in [1.82, 2.24) is 5.32 Å². The highest BCUT2D eigenvalue weighted by Crippen LogP contribution is 2.20. The van der Waals surface area contributed by atoms with Crippen molar-refractivity contribution in [2.75, 3.05) is 6.54 Å². The summed E-state index contributed by atoms with van der Waals surface area (Å²) in [5.74, 6) is -0.225. The second kappa shape index (κ2) is 7.10. The van der Waals surface area contributed by atoms with Gasteiger partial charge in [0.25, 0.3) is 5.91 Å². The molecule has 0 aliphatic rings. The Bertz CT molecular complexity index is 395. The van der Waals surface area contributed by atoms with Gasteiger partial charge in [0.2, 0.25) is 0 Å². The molecular weight excluding hydrogens is 280 g/mol. The highest BCUT2D eigenvalue weighted by Gasteiger charge is 2.11. The number of nitrogens with one attached hydrogen (secondary N) is 1. The predicted molar refractivity (Wildman–Crippen MR) is 73.3 cm³/mol. The monoisotopic (exact) mass is 293 g/mol. The number of halogens is 3. The first kappa shape index (κ1) is 14.6. The van der Waals surface area contributed by atoms with Gasteiger partial charge in [-0.25, -0.2) is 0 Å². The summed E-state index contributed by atoms with van der Waals surface area (Å²) in [4.78, 5) is 11.8. The van der Waals surface area contributed by atoms with Gasteiger partial charge in [-0.15, -0.1) is 11.6 Å². The number of amides is 1. The zero-order valence-electron chi connectivity index (χ0n) is 9.47. The Morgan fingerprint density at radius 3 is 2.76 bits per heavy atom. The van der Waals surface area contributed by atoms with Gasteiger partial charge < -0.3 is 5.32 Å². The van der Waals surface area contributed by atoms with Crippen molar-refractivity contribution in [3.05, 3.63) is 33.8 Å². The number of benzene rings is 1. The molecule has 0 saturated heterocycles. The fourth-order valence-electron chi connectivity index (χ4n) is 1.31. The average molecular weight is 295 g/mol. The molecule has 0 spiro atoms. The lowest BCUT2D eigenvalue weighted by molar-refractivity contribution is 0.0953. The lowest BCUT2D eigenvalue weighted by Crippen LogP contribution is -2.26. The van der Waals surface area contributed by atoms with Gasteiger partial charge >= 0.3 is 0 Å². The van der Waals surface area contributed by atoms with Gasteiger partial charge in [0.05, 0.1) is 10.6 Å². The molecule has 0 bridgehead atoms. The number of carbonyl (C=O) groups is 1. The van der Waals surface area contributed by atoms with Crippen LogP contribution >= 0.6 is 34.8 Å². The predicted octanol–water partition coefficient (Wildman–Crippen LogP) is 4.13. The molecule has 1 aromatic carbocycles. The number of carbonyl (C=O) groups excluding carboxylic acids is 1. The summed E-state index contributed by atoms with van der Waals surface area (Å²) in [7, 11) is 0. The summed E-state index contributed by atoms with van der Waals surface area (Å²) in [5.41, 5.74) is 0.391. The number of alkyl halides is 1. The van der Waals surface area contributed by atoms with Gasteiger partial charge in [0, 0.05) is 16.9 Å². The zero-order valence-corrected chi connectivity index (χ0v) is 11.7. The third-order valence-electron chi connectivity index (χ3n) is 2.36. The van der Waals surface area contributed by atoms with Crippen LogP contribution in [0.4, 0.5) is 0 Å². The molecule has 1 amide bonds. The molecule has 0 aliphatic heterocycles. The van der Waals surface area contributed by atoms with E-state index in [2.05, 4.69) is 5.32 Å². The van der Waals surface area contributed by atoms with E-state index in [1.54, 1.807) is 18.2 Å². The van der Waals surface area contributed by atoms with Crippen LogP contribution in [0.5, 0.6) is 0 Å². The van der Waals surface area contributed by atoms with Gasteiger partial charge in [0.1, 0.15) is 0 Å². The molecule has 1 aromatic rings. The van der Waals surface area contributed by atoms with Crippen LogP contribution in [-0.2, 0) is 0 Å². The molecule has 1 rings (SSSR count). The van der Waals surface area contributed by atoms with Crippen LogP contribution in [0.1, 0.15) is 30.1 Å².